The van der Waals surface area contributed by atoms with Crippen molar-refractivity contribution in [2.24, 2.45) is 0 Å². The Balaban J connectivity index is 1.46. The van der Waals surface area contributed by atoms with E-state index < -0.39 is 0 Å². The Morgan fingerprint density at radius 3 is 1.30 bits per heavy atom. The lowest BCUT2D eigenvalue weighted by atomic mass is 9.98. The van der Waals surface area contributed by atoms with Gasteiger partial charge in [0.2, 0.25) is 0 Å². The van der Waals surface area contributed by atoms with E-state index in [0.717, 1.165) is 45.3 Å². The average molecular weight is 589 g/mol. The summed E-state index contributed by atoms with van der Waals surface area (Å²) in [4.78, 5) is 4.81. The van der Waals surface area contributed by atoms with Crippen LogP contribution in [0, 0.1) is 0 Å². The van der Waals surface area contributed by atoms with Crippen LogP contribution in [0.5, 0.6) is 0 Å². The van der Waals surface area contributed by atoms with E-state index in [1.54, 1.807) is 0 Å². The summed E-state index contributed by atoms with van der Waals surface area (Å²) in [5, 5.41) is 4.85. The molecule has 0 radical (unpaired) electrons. The number of rotatable bonds is 7. The lowest BCUT2D eigenvalue weighted by Gasteiger charge is -2.35. The fraction of sp³-hybridized carbons (Fsp3) is 0. The first-order valence-corrected chi connectivity index (χ1v) is 15.7. The van der Waals surface area contributed by atoms with Crippen molar-refractivity contribution in [1.29, 1.82) is 0 Å². The molecule has 8 aromatic carbocycles. The van der Waals surface area contributed by atoms with Crippen LogP contribution >= 0.6 is 0 Å². The third-order valence-electron chi connectivity index (χ3n) is 8.58. The van der Waals surface area contributed by atoms with Crippen molar-refractivity contribution in [2.45, 2.75) is 0 Å². The fourth-order valence-corrected chi connectivity index (χ4v) is 6.42. The average Bonchev–Trinajstić information content (AvgIpc) is 3.13. The number of fused-ring (bicyclic) bond motifs is 2. The van der Waals surface area contributed by atoms with Crippen LogP contribution in [0.25, 0.3) is 32.7 Å². The maximum atomic E-state index is 2.42. The third kappa shape index (κ3) is 5.16. The lowest BCUT2D eigenvalue weighted by Crippen LogP contribution is -2.18. The second-order valence-corrected chi connectivity index (χ2v) is 11.4. The van der Waals surface area contributed by atoms with Crippen molar-refractivity contribution >= 4 is 55.7 Å². The van der Waals surface area contributed by atoms with Crippen LogP contribution in [0.3, 0.4) is 0 Å². The summed E-state index contributed by atoms with van der Waals surface area (Å²) in [7, 11) is 0. The van der Waals surface area contributed by atoms with Gasteiger partial charge in [0.15, 0.2) is 0 Å². The maximum absolute atomic E-state index is 2.42. The lowest BCUT2D eigenvalue weighted by molar-refractivity contribution is 1.23. The molecule has 0 aliphatic rings. The summed E-state index contributed by atoms with van der Waals surface area (Å²) in [5.74, 6) is 0. The summed E-state index contributed by atoms with van der Waals surface area (Å²) in [6.45, 7) is 0. The Kier molecular flexibility index (Phi) is 7.22. The molecule has 0 atom stereocenters. The largest absolute Gasteiger partial charge is 0.308 e. The van der Waals surface area contributed by atoms with Crippen LogP contribution in [0.4, 0.5) is 34.1 Å². The maximum Gasteiger partial charge on any atom is 0.0781 e. The molecule has 8 aromatic rings. The van der Waals surface area contributed by atoms with Crippen LogP contribution < -0.4 is 9.80 Å². The topological polar surface area (TPSA) is 6.48 Å². The molecule has 218 valence electrons. The van der Waals surface area contributed by atoms with Gasteiger partial charge >= 0.3 is 0 Å². The highest BCUT2D eigenvalue weighted by molar-refractivity contribution is 6.01. The van der Waals surface area contributed by atoms with Crippen molar-refractivity contribution < 1.29 is 0 Å². The van der Waals surface area contributed by atoms with Gasteiger partial charge in [-0.1, -0.05) is 140 Å². The molecule has 8 rings (SSSR count). The van der Waals surface area contributed by atoms with Gasteiger partial charge < -0.3 is 9.80 Å². The molecule has 0 fully saturated rings. The first kappa shape index (κ1) is 27.4. The monoisotopic (exact) mass is 588 g/mol. The molecule has 0 amide bonds. The molecule has 0 heterocycles. The molecule has 0 spiro atoms. The van der Waals surface area contributed by atoms with Gasteiger partial charge in [0.25, 0.3) is 0 Å². The van der Waals surface area contributed by atoms with E-state index in [2.05, 4.69) is 204 Å². The van der Waals surface area contributed by atoms with E-state index in [9.17, 15) is 0 Å². The van der Waals surface area contributed by atoms with Gasteiger partial charge in [-0.3, -0.25) is 0 Å². The second-order valence-electron chi connectivity index (χ2n) is 11.4. The van der Waals surface area contributed by atoms with Gasteiger partial charge in [-0.2, -0.15) is 0 Å². The van der Waals surface area contributed by atoms with Crippen LogP contribution in [-0.4, -0.2) is 0 Å². The molecule has 0 N–H and O–H groups in total. The van der Waals surface area contributed by atoms with E-state index in [1.165, 1.54) is 21.5 Å². The SMILES string of the molecule is c1ccc(-c2cccc(N(c3ccccc3)c3ccc4ccccc4c3)c2N(c2ccccc2)c2ccc3ccccc3c2)cc1. The highest BCUT2D eigenvalue weighted by Crippen LogP contribution is 2.50. The van der Waals surface area contributed by atoms with Crippen LogP contribution in [0.1, 0.15) is 0 Å². The standard InChI is InChI=1S/C44H32N2/c1-4-17-35(18-5-1)42-25-14-26-43(45(38-21-6-2-7-22-38)40-29-27-33-15-10-12-19-36(33)31-40)44(42)46(39-23-8-3-9-24-39)41-30-28-34-16-11-13-20-37(34)32-41/h1-32H. The zero-order valence-electron chi connectivity index (χ0n) is 25.4. The van der Waals surface area contributed by atoms with Gasteiger partial charge in [0, 0.05) is 28.3 Å². The van der Waals surface area contributed by atoms with Gasteiger partial charge in [-0.15, -0.1) is 0 Å². The number of nitrogens with zero attached hydrogens (tertiary/aromatic N) is 2. The van der Waals surface area contributed by atoms with Gasteiger partial charge in [-0.25, -0.2) is 0 Å². The first-order valence-electron chi connectivity index (χ1n) is 15.7. The Hall–Kier alpha value is -6.12. The summed E-state index contributed by atoms with van der Waals surface area (Å²) in [5.41, 5.74) is 8.88. The summed E-state index contributed by atoms with van der Waals surface area (Å²) >= 11 is 0. The smallest absolute Gasteiger partial charge is 0.0781 e. The summed E-state index contributed by atoms with van der Waals surface area (Å²) in [6, 6.07) is 69.5. The molecule has 0 aliphatic carbocycles. The normalized spacial score (nSPS) is 11.0. The van der Waals surface area contributed by atoms with E-state index in [4.69, 9.17) is 0 Å². The van der Waals surface area contributed by atoms with E-state index in [-0.39, 0.29) is 0 Å². The molecule has 2 nitrogen and oxygen atoms in total. The summed E-state index contributed by atoms with van der Waals surface area (Å²) in [6.07, 6.45) is 0. The van der Waals surface area contributed by atoms with Gasteiger partial charge in [0.05, 0.1) is 11.4 Å². The molecule has 0 saturated carbocycles. The molecule has 0 unspecified atom stereocenters. The number of para-hydroxylation sites is 3. The molecule has 2 heteroatoms. The molecule has 0 saturated heterocycles. The van der Waals surface area contributed by atoms with E-state index in [0.29, 0.717) is 0 Å². The minimum Gasteiger partial charge on any atom is -0.308 e. The van der Waals surface area contributed by atoms with Gasteiger partial charge in [-0.05, 0) is 81.7 Å². The molecule has 0 aromatic heterocycles. The number of hydrogen-bond acceptors (Lipinski definition) is 2. The van der Waals surface area contributed by atoms with Crippen molar-refractivity contribution in [3.8, 4) is 11.1 Å². The first-order chi connectivity index (χ1) is 22.8. The highest BCUT2D eigenvalue weighted by Gasteiger charge is 2.25. The molecule has 0 bridgehead atoms. The zero-order valence-corrected chi connectivity index (χ0v) is 25.4. The molecular weight excluding hydrogens is 556 g/mol. The predicted molar refractivity (Wildman–Crippen MR) is 196 cm³/mol. The minimum absolute atomic E-state index is 1.08. The Morgan fingerprint density at radius 1 is 0.283 bits per heavy atom. The van der Waals surface area contributed by atoms with Crippen molar-refractivity contribution in [3.05, 3.63) is 194 Å². The van der Waals surface area contributed by atoms with Crippen LogP contribution in [0.15, 0.2) is 194 Å². The van der Waals surface area contributed by atoms with Crippen molar-refractivity contribution in [2.75, 3.05) is 9.80 Å². The number of benzene rings is 8. The van der Waals surface area contributed by atoms with Gasteiger partial charge in [0.1, 0.15) is 0 Å². The van der Waals surface area contributed by atoms with Crippen LogP contribution in [-0.2, 0) is 0 Å². The van der Waals surface area contributed by atoms with E-state index >= 15 is 0 Å². The Labute approximate surface area is 270 Å². The Bertz CT molecular complexity index is 2260. The molecule has 0 aliphatic heterocycles. The predicted octanol–water partition coefficient (Wildman–Crippen LogP) is 12.6. The van der Waals surface area contributed by atoms with Crippen molar-refractivity contribution in [3.63, 3.8) is 0 Å². The second kappa shape index (κ2) is 12.1. The molecule has 46 heavy (non-hydrogen) atoms. The number of anilines is 6. The Morgan fingerprint density at radius 2 is 0.739 bits per heavy atom. The number of hydrogen-bond donors (Lipinski definition) is 0. The van der Waals surface area contributed by atoms with Crippen molar-refractivity contribution in [1.82, 2.24) is 0 Å². The molecular formula is C44H32N2. The third-order valence-corrected chi connectivity index (χ3v) is 8.58. The minimum atomic E-state index is 1.08. The van der Waals surface area contributed by atoms with Crippen LogP contribution in [0.2, 0.25) is 0 Å². The quantitative estimate of drug-likeness (QED) is 0.183. The van der Waals surface area contributed by atoms with E-state index in [1.807, 2.05) is 0 Å². The summed E-state index contributed by atoms with van der Waals surface area (Å²) < 4.78 is 0. The zero-order chi connectivity index (χ0) is 30.7. The highest BCUT2D eigenvalue weighted by atomic mass is 15.2. The fourth-order valence-electron chi connectivity index (χ4n) is 6.42.